The van der Waals surface area contributed by atoms with E-state index in [0.29, 0.717) is 12.3 Å². The molecular formula is C14H11ClF3N3O4S. The van der Waals surface area contributed by atoms with Gasteiger partial charge in [0, 0.05) is 6.20 Å². The van der Waals surface area contributed by atoms with Gasteiger partial charge in [0.2, 0.25) is 0 Å². The number of hydrazine groups is 1. The summed E-state index contributed by atoms with van der Waals surface area (Å²) in [6.45, 7) is 0. The molecule has 1 heterocycles. The number of alkyl halides is 3. The summed E-state index contributed by atoms with van der Waals surface area (Å²) in [5.74, 6) is -0.949. The molecule has 2 aromatic rings. The number of ether oxygens (including phenoxy) is 1. The van der Waals surface area contributed by atoms with Crippen LogP contribution >= 0.6 is 11.6 Å². The number of nitrogens with zero attached hydrogens (tertiary/aromatic N) is 1. The second-order valence-electron chi connectivity index (χ2n) is 4.80. The number of pyridine rings is 1. The number of esters is 1. The van der Waals surface area contributed by atoms with Crippen LogP contribution in [0, 0.1) is 0 Å². The number of aromatic nitrogens is 1. The third-order valence-electron chi connectivity index (χ3n) is 3.06. The monoisotopic (exact) mass is 409 g/mol. The van der Waals surface area contributed by atoms with Gasteiger partial charge in [-0.1, -0.05) is 11.6 Å². The van der Waals surface area contributed by atoms with Crippen molar-refractivity contribution < 1.29 is 31.1 Å². The molecule has 0 saturated heterocycles. The molecule has 0 bridgehead atoms. The Labute approximate surface area is 151 Å². The number of carbonyl (C=O) groups is 1. The first kappa shape index (κ1) is 19.9. The van der Waals surface area contributed by atoms with Gasteiger partial charge >= 0.3 is 12.1 Å². The van der Waals surface area contributed by atoms with Crippen molar-refractivity contribution in [2.24, 2.45) is 0 Å². The topological polar surface area (TPSA) is 97.4 Å². The van der Waals surface area contributed by atoms with Gasteiger partial charge in [-0.15, -0.1) is 4.83 Å². The van der Waals surface area contributed by atoms with Gasteiger partial charge in [-0.3, -0.25) is 5.43 Å². The molecule has 0 aliphatic carbocycles. The molecule has 0 amide bonds. The summed E-state index contributed by atoms with van der Waals surface area (Å²) < 4.78 is 66.4. The molecule has 2 rings (SSSR count). The zero-order valence-electron chi connectivity index (χ0n) is 13.0. The highest BCUT2D eigenvalue weighted by atomic mass is 35.5. The van der Waals surface area contributed by atoms with Gasteiger partial charge in [0.1, 0.15) is 0 Å². The highest BCUT2D eigenvalue weighted by Crippen LogP contribution is 2.32. The maximum Gasteiger partial charge on any atom is 0.417 e. The normalized spacial score (nSPS) is 11.9. The largest absolute Gasteiger partial charge is 0.465 e. The minimum atomic E-state index is -4.63. The molecule has 0 fully saturated rings. The number of hydrogen-bond donors (Lipinski definition) is 2. The molecule has 0 radical (unpaired) electrons. The number of hydrogen-bond acceptors (Lipinski definition) is 6. The predicted molar refractivity (Wildman–Crippen MR) is 86.0 cm³/mol. The Morgan fingerprint density at radius 2 is 1.85 bits per heavy atom. The van der Waals surface area contributed by atoms with Crippen LogP contribution < -0.4 is 10.3 Å². The van der Waals surface area contributed by atoms with E-state index in [-0.39, 0.29) is 16.3 Å². The number of benzene rings is 1. The highest BCUT2D eigenvalue weighted by Gasteiger charge is 2.31. The third kappa shape index (κ3) is 4.62. The molecule has 12 heteroatoms. The number of methoxy groups -OCH3 is 1. The average Bonchev–Trinajstić information content (AvgIpc) is 2.59. The molecule has 140 valence electrons. The summed E-state index contributed by atoms with van der Waals surface area (Å²) in [7, 11) is -2.92. The zero-order chi connectivity index (χ0) is 19.5. The molecule has 0 aliphatic rings. The van der Waals surface area contributed by atoms with E-state index in [2.05, 4.69) is 15.1 Å². The van der Waals surface area contributed by atoms with Crippen LogP contribution in [0.25, 0.3) is 0 Å². The van der Waals surface area contributed by atoms with Crippen molar-refractivity contribution in [3.8, 4) is 0 Å². The number of anilines is 1. The van der Waals surface area contributed by atoms with E-state index in [1.807, 2.05) is 4.83 Å². The van der Waals surface area contributed by atoms with E-state index >= 15 is 0 Å². The predicted octanol–water partition coefficient (Wildman–Crippen LogP) is 2.85. The first-order valence-electron chi connectivity index (χ1n) is 6.73. The minimum absolute atomic E-state index is 0.145. The van der Waals surface area contributed by atoms with Crippen molar-refractivity contribution in [2.75, 3.05) is 12.5 Å². The summed E-state index contributed by atoms with van der Waals surface area (Å²) in [5, 5.41) is -0.427. The van der Waals surface area contributed by atoms with Crippen molar-refractivity contribution in [1.29, 1.82) is 0 Å². The van der Waals surface area contributed by atoms with Gasteiger partial charge in [0.25, 0.3) is 10.0 Å². The van der Waals surface area contributed by atoms with E-state index in [1.54, 1.807) is 0 Å². The molecule has 0 aliphatic heterocycles. The Morgan fingerprint density at radius 3 is 2.35 bits per heavy atom. The SMILES string of the molecule is COC(=O)c1ccc(S(=O)(=O)NNc2ncc(C(F)(F)F)cc2Cl)cc1. The number of rotatable bonds is 5. The fourth-order valence-corrected chi connectivity index (χ4v) is 2.80. The summed E-state index contributed by atoms with van der Waals surface area (Å²) in [6.07, 6.45) is -4.12. The smallest absolute Gasteiger partial charge is 0.417 e. The first-order chi connectivity index (χ1) is 12.0. The van der Waals surface area contributed by atoms with Crippen LogP contribution in [0.5, 0.6) is 0 Å². The van der Waals surface area contributed by atoms with Gasteiger partial charge < -0.3 is 4.74 Å². The van der Waals surface area contributed by atoms with E-state index in [9.17, 15) is 26.4 Å². The van der Waals surface area contributed by atoms with E-state index < -0.39 is 32.8 Å². The maximum atomic E-state index is 12.5. The molecule has 0 saturated carbocycles. The molecule has 1 aromatic carbocycles. The minimum Gasteiger partial charge on any atom is -0.465 e. The molecule has 0 unspecified atom stereocenters. The van der Waals surface area contributed by atoms with Gasteiger partial charge in [-0.05, 0) is 30.3 Å². The lowest BCUT2D eigenvalue weighted by Gasteiger charge is -2.12. The van der Waals surface area contributed by atoms with Crippen molar-refractivity contribution in [3.05, 3.63) is 52.7 Å². The Balaban J connectivity index is 2.14. The van der Waals surface area contributed by atoms with Crippen molar-refractivity contribution in [1.82, 2.24) is 9.82 Å². The standard InChI is InChI=1S/C14H11ClF3N3O4S/c1-25-13(22)8-2-4-10(5-3-8)26(23,24)21-20-12-11(15)6-9(7-19-12)14(16,17)18/h2-7,21H,1H3,(H,19,20). The third-order valence-corrected chi connectivity index (χ3v) is 4.61. The summed E-state index contributed by atoms with van der Waals surface area (Å²) in [5.41, 5.74) is 1.21. The Morgan fingerprint density at radius 1 is 1.23 bits per heavy atom. The zero-order valence-corrected chi connectivity index (χ0v) is 14.5. The molecule has 0 spiro atoms. The number of nitrogens with one attached hydrogen (secondary N) is 2. The quantitative estimate of drug-likeness (QED) is 0.582. The molecule has 0 atom stereocenters. The van der Waals surface area contributed by atoms with Crippen LogP contribution in [0.1, 0.15) is 15.9 Å². The Hall–Kier alpha value is -2.37. The first-order valence-corrected chi connectivity index (χ1v) is 8.59. The summed E-state index contributed by atoms with van der Waals surface area (Å²) in [4.78, 5) is 16.5. The van der Waals surface area contributed by atoms with Crippen LogP contribution in [-0.2, 0) is 20.9 Å². The van der Waals surface area contributed by atoms with Gasteiger partial charge in [0.15, 0.2) is 5.82 Å². The Bertz CT molecular complexity index is 918. The number of halogens is 4. The van der Waals surface area contributed by atoms with Crippen LogP contribution in [0.3, 0.4) is 0 Å². The Kier molecular flexibility index (Phi) is 5.74. The number of carbonyl (C=O) groups excluding carboxylic acids is 1. The lowest BCUT2D eigenvalue weighted by atomic mass is 10.2. The lowest BCUT2D eigenvalue weighted by Crippen LogP contribution is -2.30. The van der Waals surface area contributed by atoms with Crippen LogP contribution in [0.4, 0.5) is 19.0 Å². The van der Waals surface area contributed by atoms with Crippen molar-refractivity contribution in [3.63, 3.8) is 0 Å². The van der Waals surface area contributed by atoms with Crippen LogP contribution in [-0.4, -0.2) is 26.5 Å². The fourth-order valence-electron chi connectivity index (χ4n) is 1.75. The van der Waals surface area contributed by atoms with E-state index in [1.165, 1.54) is 19.2 Å². The van der Waals surface area contributed by atoms with E-state index in [4.69, 9.17) is 11.6 Å². The highest BCUT2D eigenvalue weighted by molar-refractivity contribution is 7.89. The van der Waals surface area contributed by atoms with Crippen LogP contribution in [0.2, 0.25) is 5.02 Å². The van der Waals surface area contributed by atoms with Gasteiger partial charge in [-0.25, -0.2) is 18.2 Å². The van der Waals surface area contributed by atoms with Gasteiger partial charge in [0.05, 0.1) is 28.2 Å². The second-order valence-corrected chi connectivity index (χ2v) is 6.89. The lowest BCUT2D eigenvalue weighted by molar-refractivity contribution is -0.137. The summed E-state index contributed by atoms with van der Waals surface area (Å²) >= 11 is 5.67. The molecular weight excluding hydrogens is 399 g/mol. The average molecular weight is 410 g/mol. The van der Waals surface area contributed by atoms with Crippen molar-refractivity contribution >= 4 is 33.4 Å². The molecule has 2 N–H and O–H groups in total. The summed E-state index contributed by atoms with van der Waals surface area (Å²) in [6, 6.07) is 5.39. The van der Waals surface area contributed by atoms with Crippen LogP contribution in [0.15, 0.2) is 41.4 Å². The molecule has 26 heavy (non-hydrogen) atoms. The molecule has 1 aromatic heterocycles. The molecule has 7 nitrogen and oxygen atoms in total. The number of sulfonamides is 1. The maximum absolute atomic E-state index is 12.5. The second kappa shape index (κ2) is 7.48. The van der Waals surface area contributed by atoms with Crippen molar-refractivity contribution in [2.45, 2.75) is 11.1 Å². The van der Waals surface area contributed by atoms with E-state index in [0.717, 1.165) is 12.1 Å². The fraction of sp³-hybridized carbons (Fsp3) is 0.143. The van der Waals surface area contributed by atoms with Gasteiger partial charge in [-0.2, -0.15) is 13.2 Å².